The Hall–Kier alpha value is -0.0400. The largest absolute Gasteiger partial charge is 0.330 e. The molecule has 1 nitrogen and oxygen atoms in total. The second-order valence-electron chi connectivity index (χ2n) is 3.31. The molecule has 0 aromatic rings. The molecule has 0 aliphatic rings. The summed E-state index contributed by atoms with van der Waals surface area (Å²) in [5.74, 6) is 1.64. The fourth-order valence-corrected chi connectivity index (χ4v) is 1.21. The summed E-state index contributed by atoms with van der Waals surface area (Å²) < 4.78 is 0. The average molecular weight is 129 g/mol. The zero-order chi connectivity index (χ0) is 7.28. The van der Waals surface area contributed by atoms with E-state index in [4.69, 9.17) is 5.73 Å². The van der Waals surface area contributed by atoms with E-state index >= 15 is 0 Å². The van der Waals surface area contributed by atoms with Gasteiger partial charge in [-0.05, 0) is 31.2 Å². The number of rotatable bonds is 4. The van der Waals surface area contributed by atoms with Crippen LogP contribution in [0.15, 0.2) is 0 Å². The zero-order valence-electron chi connectivity index (χ0n) is 6.85. The second kappa shape index (κ2) is 4.80. The molecule has 0 radical (unpaired) electrons. The first-order valence-corrected chi connectivity index (χ1v) is 3.87. The predicted molar refractivity (Wildman–Crippen MR) is 42.3 cm³/mol. The molecule has 56 valence electrons. The molecular formula is C8H19N. The van der Waals surface area contributed by atoms with Crippen LogP contribution in [0.5, 0.6) is 0 Å². The lowest BCUT2D eigenvalue weighted by molar-refractivity contribution is 0.420. The van der Waals surface area contributed by atoms with Crippen LogP contribution in [-0.2, 0) is 0 Å². The molecule has 0 aromatic carbocycles. The Morgan fingerprint density at radius 3 is 2.11 bits per heavy atom. The second-order valence-corrected chi connectivity index (χ2v) is 3.31. The summed E-state index contributed by atoms with van der Waals surface area (Å²) in [7, 11) is 0. The van der Waals surface area contributed by atoms with Gasteiger partial charge in [0.2, 0.25) is 0 Å². The summed E-state index contributed by atoms with van der Waals surface area (Å²) in [6, 6.07) is 0. The number of hydrogen-bond donors (Lipinski definition) is 1. The highest BCUT2D eigenvalue weighted by Gasteiger charge is 2.02. The highest BCUT2D eigenvalue weighted by atomic mass is 14.5. The van der Waals surface area contributed by atoms with Crippen molar-refractivity contribution in [1.29, 1.82) is 0 Å². The van der Waals surface area contributed by atoms with Crippen molar-refractivity contribution < 1.29 is 0 Å². The van der Waals surface area contributed by atoms with Crippen molar-refractivity contribution in [2.24, 2.45) is 17.6 Å². The molecule has 1 atom stereocenters. The lowest BCUT2D eigenvalue weighted by atomic mass is 9.96. The fourth-order valence-electron chi connectivity index (χ4n) is 1.21. The number of nitrogens with two attached hydrogens (primary N) is 1. The van der Waals surface area contributed by atoms with Gasteiger partial charge in [0.05, 0.1) is 0 Å². The maximum absolute atomic E-state index is 5.41. The van der Waals surface area contributed by atoms with Gasteiger partial charge in [0.1, 0.15) is 0 Å². The van der Waals surface area contributed by atoms with Crippen LogP contribution in [0.2, 0.25) is 0 Å². The summed E-state index contributed by atoms with van der Waals surface area (Å²) in [4.78, 5) is 0. The molecule has 0 heterocycles. The van der Waals surface area contributed by atoms with E-state index in [-0.39, 0.29) is 0 Å². The summed E-state index contributed by atoms with van der Waals surface area (Å²) in [5.41, 5.74) is 5.41. The van der Waals surface area contributed by atoms with Crippen molar-refractivity contribution in [2.45, 2.75) is 33.6 Å². The van der Waals surface area contributed by atoms with Crippen LogP contribution < -0.4 is 5.73 Å². The molecule has 9 heavy (non-hydrogen) atoms. The molecule has 0 aliphatic heterocycles. The maximum Gasteiger partial charge on any atom is -0.00747 e. The molecule has 0 spiro atoms. The first kappa shape index (κ1) is 8.96. The van der Waals surface area contributed by atoms with E-state index < -0.39 is 0 Å². The summed E-state index contributed by atoms with van der Waals surface area (Å²) in [5, 5.41) is 0. The minimum Gasteiger partial charge on any atom is -0.330 e. The van der Waals surface area contributed by atoms with Crippen molar-refractivity contribution in [3.8, 4) is 0 Å². The highest BCUT2D eigenvalue weighted by molar-refractivity contribution is 4.55. The molecule has 1 unspecified atom stereocenters. The molecule has 0 saturated carbocycles. The van der Waals surface area contributed by atoms with E-state index in [1.807, 2.05) is 0 Å². The van der Waals surface area contributed by atoms with Gasteiger partial charge in [-0.3, -0.25) is 0 Å². The average Bonchev–Trinajstić information content (AvgIpc) is 1.63. The fraction of sp³-hybridized carbons (Fsp3) is 1.00. The van der Waals surface area contributed by atoms with Gasteiger partial charge in [0, 0.05) is 0 Å². The molecule has 0 rings (SSSR count). The SMILES string of the molecule is CC(C)CC(C)CCN. The minimum atomic E-state index is 0.815. The number of hydrogen-bond acceptors (Lipinski definition) is 1. The van der Waals surface area contributed by atoms with E-state index in [1.165, 1.54) is 12.8 Å². The Bertz CT molecular complexity index is 59.6. The molecule has 0 saturated heterocycles. The molecule has 0 bridgehead atoms. The molecule has 0 aliphatic carbocycles. The Morgan fingerprint density at radius 2 is 1.78 bits per heavy atom. The third-order valence-corrected chi connectivity index (χ3v) is 1.53. The maximum atomic E-state index is 5.41. The molecule has 1 heteroatoms. The zero-order valence-corrected chi connectivity index (χ0v) is 6.85. The lowest BCUT2D eigenvalue weighted by Crippen LogP contribution is -2.07. The van der Waals surface area contributed by atoms with Crippen LogP contribution in [0.1, 0.15) is 33.6 Å². The third kappa shape index (κ3) is 5.84. The third-order valence-electron chi connectivity index (χ3n) is 1.53. The van der Waals surface area contributed by atoms with Crippen molar-refractivity contribution in [3.63, 3.8) is 0 Å². The Balaban J connectivity index is 3.15. The van der Waals surface area contributed by atoms with Crippen LogP contribution in [0.3, 0.4) is 0 Å². The van der Waals surface area contributed by atoms with Gasteiger partial charge >= 0.3 is 0 Å². The van der Waals surface area contributed by atoms with Gasteiger partial charge < -0.3 is 5.73 Å². The molecule has 2 N–H and O–H groups in total. The van der Waals surface area contributed by atoms with E-state index in [2.05, 4.69) is 20.8 Å². The van der Waals surface area contributed by atoms with E-state index in [1.54, 1.807) is 0 Å². The van der Waals surface area contributed by atoms with Crippen molar-refractivity contribution in [3.05, 3.63) is 0 Å². The first-order chi connectivity index (χ1) is 4.16. The van der Waals surface area contributed by atoms with Gasteiger partial charge in [-0.2, -0.15) is 0 Å². The van der Waals surface area contributed by atoms with Crippen LogP contribution >= 0.6 is 0 Å². The van der Waals surface area contributed by atoms with Gasteiger partial charge in [-0.25, -0.2) is 0 Å². The van der Waals surface area contributed by atoms with E-state index in [0.29, 0.717) is 0 Å². The highest BCUT2D eigenvalue weighted by Crippen LogP contribution is 2.12. The molecule has 0 aromatic heterocycles. The minimum absolute atomic E-state index is 0.815. The normalized spacial score (nSPS) is 14.3. The van der Waals surface area contributed by atoms with Crippen molar-refractivity contribution in [2.75, 3.05) is 6.54 Å². The van der Waals surface area contributed by atoms with Crippen molar-refractivity contribution >= 4 is 0 Å². The predicted octanol–water partition coefficient (Wildman–Crippen LogP) is 2.02. The first-order valence-electron chi connectivity index (χ1n) is 3.87. The molecule has 0 fully saturated rings. The van der Waals surface area contributed by atoms with Gasteiger partial charge in [0.15, 0.2) is 0 Å². The smallest absolute Gasteiger partial charge is 0.00747 e. The Kier molecular flexibility index (Phi) is 4.78. The van der Waals surface area contributed by atoms with Crippen LogP contribution in [0.4, 0.5) is 0 Å². The lowest BCUT2D eigenvalue weighted by Gasteiger charge is -2.11. The topological polar surface area (TPSA) is 26.0 Å². The van der Waals surface area contributed by atoms with Gasteiger partial charge in [0.25, 0.3) is 0 Å². The van der Waals surface area contributed by atoms with Crippen LogP contribution in [0, 0.1) is 11.8 Å². The van der Waals surface area contributed by atoms with Crippen LogP contribution in [0.25, 0.3) is 0 Å². The molecule has 0 amide bonds. The Labute approximate surface area is 58.6 Å². The standard InChI is InChI=1S/C8H19N/c1-7(2)6-8(3)4-5-9/h7-8H,4-6,9H2,1-3H3. The summed E-state index contributed by atoms with van der Waals surface area (Å²) in [6.07, 6.45) is 2.50. The van der Waals surface area contributed by atoms with E-state index in [9.17, 15) is 0 Å². The van der Waals surface area contributed by atoms with E-state index in [0.717, 1.165) is 18.4 Å². The van der Waals surface area contributed by atoms with Crippen LogP contribution in [-0.4, -0.2) is 6.54 Å². The summed E-state index contributed by atoms with van der Waals surface area (Å²) in [6.45, 7) is 7.63. The molecular weight excluding hydrogens is 110 g/mol. The Morgan fingerprint density at radius 1 is 1.22 bits per heavy atom. The van der Waals surface area contributed by atoms with Crippen molar-refractivity contribution in [1.82, 2.24) is 0 Å². The monoisotopic (exact) mass is 129 g/mol. The van der Waals surface area contributed by atoms with Gasteiger partial charge in [-0.1, -0.05) is 20.8 Å². The summed E-state index contributed by atoms with van der Waals surface area (Å²) >= 11 is 0. The van der Waals surface area contributed by atoms with Gasteiger partial charge in [-0.15, -0.1) is 0 Å². The quantitative estimate of drug-likeness (QED) is 0.617.